The van der Waals surface area contributed by atoms with Gasteiger partial charge in [-0.2, -0.15) is 5.26 Å². The van der Waals surface area contributed by atoms with Gasteiger partial charge in [0.15, 0.2) is 0 Å². The van der Waals surface area contributed by atoms with Gasteiger partial charge in [0, 0.05) is 25.3 Å². The highest BCUT2D eigenvalue weighted by Crippen LogP contribution is 2.17. The number of ether oxygens (including phenoxy) is 1. The van der Waals surface area contributed by atoms with Crippen molar-refractivity contribution in [1.82, 2.24) is 4.90 Å². The lowest BCUT2D eigenvalue weighted by Crippen LogP contribution is -2.30. The second-order valence-corrected chi connectivity index (χ2v) is 5.17. The molecular weight excluding hydrogens is 243 g/mol. The predicted octanol–water partition coefficient (Wildman–Crippen LogP) is 2.56. The van der Waals surface area contributed by atoms with Crippen LogP contribution in [-0.2, 0) is 11.3 Å². The molecule has 1 heterocycles. The molecule has 0 amide bonds. The van der Waals surface area contributed by atoms with Crippen LogP contribution in [0.15, 0.2) is 18.2 Å². The smallest absolute Gasteiger partial charge is 0.145 e. The van der Waals surface area contributed by atoms with E-state index < -0.39 is 5.82 Å². The van der Waals surface area contributed by atoms with Crippen LogP contribution in [0.25, 0.3) is 0 Å². The Labute approximate surface area is 113 Å². The van der Waals surface area contributed by atoms with Gasteiger partial charge in [-0.05, 0) is 31.9 Å². The SMILES string of the molecule is CN(Cc1cccc(C#N)c1F)CC1CCCOC1. The normalized spacial score (nSPS) is 19.4. The van der Waals surface area contributed by atoms with Gasteiger partial charge in [-0.25, -0.2) is 4.39 Å². The van der Waals surface area contributed by atoms with Crippen molar-refractivity contribution >= 4 is 0 Å². The highest BCUT2D eigenvalue weighted by atomic mass is 19.1. The van der Waals surface area contributed by atoms with Crippen molar-refractivity contribution in [3.05, 3.63) is 35.1 Å². The molecule has 1 fully saturated rings. The third-order valence-electron chi connectivity index (χ3n) is 3.46. The zero-order valence-electron chi connectivity index (χ0n) is 11.2. The highest BCUT2D eigenvalue weighted by Gasteiger charge is 2.17. The van der Waals surface area contributed by atoms with E-state index in [0.29, 0.717) is 18.0 Å². The van der Waals surface area contributed by atoms with Crippen molar-refractivity contribution in [2.24, 2.45) is 5.92 Å². The number of rotatable bonds is 4. The van der Waals surface area contributed by atoms with Crippen molar-refractivity contribution in [1.29, 1.82) is 5.26 Å². The van der Waals surface area contributed by atoms with Gasteiger partial charge in [0.2, 0.25) is 0 Å². The van der Waals surface area contributed by atoms with Crippen molar-refractivity contribution in [2.75, 3.05) is 26.8 Å². The Morgan fingerprint density at radius 3 is 3.05 bits per heavy atom. The molecule has 1 aliphatic heterocycles. The van der Waals surface area contributed by atoms with E-state index in [2.05, 4.69) is 4.90 Å². The number of nitrogens with zero attached hydrogens (tertiary/aromatic N) is 2. The van der Waals surface area contributed by atoms with Crippen molar-refractivity contribution < 1.29 is 9.13 Å². The average molecular weight is 262 g/mol. The summed E-state index contributed by atoms with van der Waals surface area (Å²) in [7, 11) is 1.98. The first kappa shape index (κ1) is 14.0. The third kappa shape index (κ3) is 3.76. The standard InChI is InChI=1S/C15H19FN2O/c1-18(9-12-4-3-7-19-11-12)10-14-6-2-5-13(8-17)15(14)16/h2,5-6,12H,3-4,7,9-11H2,1H3. The lowest BCUT2D eigenvalue weighted by molar-refractivity contribution is 0.0410. The molecule has 0 spiro atoms. The number of hydrogen-bond acceptors (Lipinski definition) is 3. The Hall–Kier alpha value is -1.44. The molecule has 1 saturated heterocycles. The summed E-state index contributed by atoms with van der Waals surface area (Å²) in [6.07, 6.45) is 2.28. The molecule has 1 atom stereocenters. The summed E-state index contributed by atoms with van der Waals surface area (Å²) in [6, 6.07) is 6.86. The van der Waals surface area contributed by atoms with Gasteiger partial charge < -0.3 is 9.64 Å². The van der Waals surface area contributed by atoms with Crippen LogP contribution in [0, 0.1) is 23.1 Å². The van der Waals surface area contributed by atoms with E-state index in [0.717, 1.165) is 26.2 Å². The van der Waals surface area contributed by atoms with Gasteiger partial charge in [0.25, 0.3) is 0 Å². The van der Waals surface area contributed by atoms with Crippen molar-refractivity contribution in [3.63, 3.8) is 0 Å². The maximum atomic E-state index is 13.9. The average Bonchev–Trinajstić information content (AvgIpc) is 2.42. The van der Waals surface area contributed by atoms with Gasteiger partial charge in [0.05, 0.1) is 12.2 Å². The molecule has 0 radical (unpaired) electrons. The van der Waals surface area contributed by atoms with Crippen LogP contribution in [0.5, 0.6) is 0 Å². The monoisotopic (exact) mass is 262 g/mol. The predicted molar refractivity (Wildman–Crippen MR) is 71.0 cm³/mol. The molecule has 19 heavy (non-hydrogen) atoms. The largest absolute Gasteiger partial charge is 0.381 e. The second-order valence-electron chi connectivity index (χ2n) is 5.17. The molecule has 0 N–H and O–H groups in total. The molecular formula is C15H19FN2O. The Kier molecular flexibility index (Phi) is 4.89. The van der Waals surface area contributed by atoms with Gasteiger partial charge in [-0.15, -0.1) is 0 Å². The third-order valence-corrected chi connectivity index (χ3v) is 3.46. The molecule has 1 unspecified atom stereocenters. The summed E-state index contributed by atoms with van der Waals surface area (Å²) in [5.74, 6) is 0.137. The molecule has 1 aromatic carbocycles. The molecule has 0 saturated carbocycles. The maximum Gasteiger partial charge on any atom is 0.145 e. The summed E-state index contributed by atoms with van der Waals surface area (Å²) >= 11 is 0. The molecule has 3 nitrogen and oxygen atoms in total. The molecule has 102 valence electrons. The molecule has 1 aromatic rings. The first-order valence-corrected chi connectivity index (χ1v) is 6.64. The first-order valence-electron chi connectivity index (χ1n) is 6.64. The van der Waals surface area contributed by atoms with Gasteiger partial charge >= 0.3 is 0 Å². The zero-order valence-corrected chi connectivity index (χ0v) is 11.2. The van der Waals surface area contributed by atoms with Gasteiger partial charge in [-0.3, -0.25) is 0 Å². The highest BCUT2D eigenvalue weighted by molar-refractivity contribution is 5.34. The summed E-state index contributed by atoms with van der Waals surface area (Å²) in [4.78, 5) is 2.10. The van der Waals surface area contributed by atoms with E-state index in [1.807, 2.05) is 13.1 Å². The van der Waals surface area contributed by atoms with Gasteiger partial charge in [0.1, 0.15) is 11.9 Å². The van der Waals surface area contributed by atoms with Crippen LogP contribution in [0.3, 0.4) is 0 Å². The van der Waals surface area contributed by atoms with Crippen molar-refractivity contribution in [2.45, 2.75) is 19.4 Å². The minimum atomic E-state index is -0.392. The van der Waals surface area contributed by atoms with E-state index in [4.69, 9.17) is 10.00 Å². The zero-order chi connectivity index (χ0) is 13.7. The van der Waals surface area contributed by atoms with Crippen LogP contribution in [0.1, 0.15) is 24.0 Å². The van der Waals surface area contributed by atoms with Crippen LogP contribution in [-0.4, -0.2) is 31.7 Å². The van der Waals surface area contributed by atoms with Crippen LogP contribution in [0.4, 0.5) is 4.39 Å². The topological polar surface area (TPSA) is 36.3 Å². The van der Waals surface area contributed by atoms with Crippen LogP contribution < -0.4 is 0 Å². The van der Waals surface area contributed by atoms with Crippen LogP contribution in [0.2, 0.25) is 0 Å². The summed E-state index contributed by atoms with van der Waals surface area (Å²) in [5, 5.41) is 8.82. The molecule has 4 heteroatoms. The second kappa shape index (κ2) is 6.65. The minimum Gasteiger partial charge on any atom is -0.381 e. The Bertz CT molecular complexity index is 464. The fraction of sp³-hybridized carbons (Fsp3) is 0.533. The minimum absolute atomic E-state index is 0.117. The Morgan fingerprint density at radius 1 is 1.53 bits per heavy atom. The fourth-order valence-electron chi connectivity index (χ4n) is 2.54. The Morgan fingerprint density at radius 2 is 2.37 bits per heavy atom. The molecule has 2 rings (SSSR count). The Balaban J connectivity index is 1.95. The quantitative estimate of drug-likeness (QED) is 0.836. The maximum absolute atomic E-state index is 13.9. The lowest BCUT2D eigenvalue weighted by Gasteiger charge is -2.27. The van der Waals surface area contributed by atoms with E-state index >= 15 is 0 Å². The van der Waals surface area contributed by atoms with E-state index in [1.165, 1.54) is 12.5 Å². The molecule has 0 aromatic heterocycles. The summed E-state index contributed by atoms with van der Waals surface area (Å²) in [6.45, 7) is 3.08. The lowest BCUT2D eigenvalue weighted by atomic mass is 10.0. The van der Waals surface area contributed by atoms with E-state index in [9.17, 15) is 4.39 Å². The summed E-state index contributed by atoms with van der Waals surface area (Å²) in [5.41, 5.74) is 0.699. The molecule has 1 aliphatic rings. The van der Waals surface area contributed by atoms with E-state index in [-0.39, 0.29) is 5.56 Å². The summed E-state index contributed by atoms with van der Waals surface area (Å²) < 4.78 is 19.4. The number of benzene rings is 1. The van der Waals surface area contributed by atoms with E-state index in [1.54, 1.807) is 12.1 Å². The molecule has 0 aliphatic carbocycles. The number of nitriles is 1. The first-order chi connectivity index (χ1) is 9.20. The van der Waals surface area contributed by atoms with Crippen molar-refractivity contribution in [3.8, 4) is 6.07 Å². The fourth-order valence-corrected chi connectivity index (χ4v) is 2.54. The van der Waals surface area contributed by atoms with Crippen LogP contribution >= 0.6 is 0 Å². The van der Waals surface area contributed by atoms with Gasteiger partial charge in [-0.1, -0.05) is 12.1 Å². The number of hydrogen-bond donors (Lipinski definition) is 0. The molecule has 0 bridgehead atoms. The number of halogens is 1.